The summed E-state index contributed by atoms with van der Waals surface area (Å²) in [5.41, 5.74) is 0.872. The molecule has 160 valence electrons. The van der Waals surface area contributed by atoms with E-state index in [0.717, 1.165) is 48.2 Å². The van der Waals surface area contributed by atoms with Crippen molar-refractivity contribution in [2.45, 2.75) is 37.1 Å². The van der Waals surface area contributed by atoms with Gasteiger partial charge in [0.2, 0.25) is 0 Å². The van der Waals surface area contributed by atoms with Gasteiger partial charge in [-0.15, -0.1) is 11.8 Å². The van der Waals surface area contributed by atoms with Crippen LogP contribution >= 0.6 is 19.7 Å². The number of likely N-dealkylation sites (tertiary alicyclic amines) is 1. The Morgan fingerprint density at radius 3 is 2.19 bits per heavy atom. The van der Waals surface area contributed by atoms with Gasteiger partial charge in [0, 0.05) is 17.5 Å². The molecule has 1 aliphatic heterocycles. The zero-order chi connectivity index (χ0) is 21.5. The minimum atomic E-state index is -0.498. The molecule has 1 saturated heterocycles. The molecule has 31 heavy (non-hydrogen) atoms. The third kappa shape index (κ3) is 5.40. The van der Waals surface area contributed by atoms with E-state index < -0.39 is 7.92 Å². The molecular weight excluding hydrogens is 417 g/mol. The molecule has 1 fully saturated rings. The minimum Gasteiger partial charge on any atom is -0.335 e. The van der Waals surface area contributed by atoms with Crippen LogP contribution in [0.25, 0.3) is 0 Å². The average Bonchev–Trinajstić information content (AvgIpc) is 3.30. The van der Waals surface area contributed by atoms with E-state index in [9.17, 15) is 4.79 Å². The summed E-state index contributed by atoms with van der Waals surface area (Å²) in [7, 11) is -0.498. The molecule has 0 bridgehead atoms. The fourth-order valence-electron chi connectivity index (χ4n) is 4.22. The first kappa shape index (κ1) is 22.1. The highest BCUT2D eigenvalue weighted by Gasteiger charge is 2.32. The summed E-state index contributed by atoms with van der Waals surface area (Å²) in [4.78, 5) is 16.9. The maximum Gasteiger partial charge on any atom is 0.255 e. The van der Waals surface area contributed by atoms with Crippen molar-refractivity contribution in [1.29, 1.82) is 0 Å². The van der Waals surface area contributed by atoms with Crippen LogP contribution in [0.2, 0.25) is 0 Å². The lowest BCUT2D eigenvalue weighted by atomic mass is 10.2. The number of carbonyl (C=O) groups is 1. The minimum absolute atomic E-state index is 0.206. The molecule has 1 heterocycles. The van der Waals surface area contributed by atoms with Crippen LogP contribution in [0.5, 0.6) is 0 Å². The van der Waals surface area contributed by atoms with Gasteiger partial charge >= 0.3 is 0 Å². The molecule has 0 saturated carbocycles. The number of rotatable bonds is 8. The molecule has 1 atom stereocenters. The van der Waals surface area contributed by atoms with Gasteiger partial charge in [-0.25, -0.2) is 0 Å². The summed E-state index contributed by atoms with van der Waals surface area (Å²) in [5.74, 6) is 1.25. The molecule has 1 amide bonds. The summed E-state index contributed by atoms with van der Waals surface area (Å²) in [6.07, 6.45) is 4.32. The SMILES string of the molecule is CCCSc1ccccc1C(=O)N1CCC[C@H]1CP(c1ccccc1)c1ccccc1. The topological polar surface area (TPSA) is 20.3 Å². The number of benzene rings is 3. The lowest BCUT2D eigenvalue weighted by Gasteiger charge is -2.30. The van der Waals surface area contributed by atoms with Gasteiger partial charge in [-0.05, 0) is 61.8 Å². The molecule has 0 aliphatic carbocycles. The van der Waals surface area contributed by atoms with E-state index in [1.54, 1.807) is 11.8 Å². The van der Waals surface area contributed by atoms with E-state index >= 15 is 0 Å². The highest BCUT2D eigenvalue weighted by molar-refractivity contribution is 7.99. The zero-order valence-electron chi connectivity index (χ0n) is 18.1. The van der Waals surface area contributed by atoms with Crippen LogP contribution in [-0.4, -0.2) is 35.3 Å². The summed E-state index contributed by atoms with van der Waals surface area (Å²) < 4.78 is 0. The van der Waals surface area contributed by atoms with E-state index in [-0.39, 0.29) is 5.91 Å². The van der Waals surface area contributed by atoms with Gasteiger partial charge < -0.3 is 4.90 Å². The highest BCUT2D eigenvalue weighted by Crippen LogP contribution is 2.38. The second kappa shape index (κ2) is 11.0. The van der Waals surface area contributed by atoms with Crippen LogP contribution in [0.3, 0.4) is 0 Å². The predicted octanol–water partition coefficient (Wildman–Crippen LogP) is 5.93. The van der Waals surface area contributed by atoms with Gasteiger partial charge in [-0.1, -0.05) is 79.7 Å². The van der Waals surface area contributed by atoms with Crippen LogP contribution in [0.15, 0.2) is 89.8 Å². The number of thioether (sulfide) groups is 1. The Hall–Kier alpha value is -2.09. The third-order valence-electron chi connectivity index (χ3n) is 5.75. The number of amides is 1. The van der Waals surface area contributed by atoms with Crippen LogP contribution in [0.4, 0.5) is 0 Å². The molecule has 4 heteroatoms. The molecule has 0 aromatic heterocycles. The smallest absolute Gasteiger partial charge is 0.255 e. The second-order valence-corrected chi connectivity index (χ2v) is 11.3. The van der Waals surface area contributed by atoms with Crippen molar-refractivity contribution in [3.8, 4) is 0 Å². The number of nitrogens with zero attached hydrogens (tertiary/aromatic N) is 1. The fourth-order valence-corrected chi connectivity index (χ4v) is 7.71. The predicted molar refractivity (Wildman–Crippen MR) is 135 cm³/mol. The standard InChI is InChI=1S/C27H30NOPS/c1-2-20-31-26-18-10-9-17-25(26)27(29)28-19-11-12-22(28)21-30(23-13-5-3-6-14-23)24-15-7-4-8-16-24/h3-10,13-18,22H,2,11-12,19-21H2,1H3/t22-/m0/s1. The normalized spacial score (nSPS) is 16.1. The molecule has 1 aliphatic rings. The van der Waals surface area contributed by atoms with Gasteiger partial charge in [-0.3, -0.25) is 4.79 Å². The molecule has 3 aromatic carbocycles. The van der Waals surface area contributed by atoms with Crippen LogP contribution in [-0.2, 0) is 0 Å². The van der Waals surface area contributed by atoms with Crippen molar-refractivity contribution in [2.24, 2.45) is 0 Å². The molecular formula is C27H30NOPS. The van der Waals surface area contributed by atoms with Gasteiger partial charge in [0.1, 0.15) is 0 Å². The first-order valence-electron chi connectivity index (χ1n) is 11.2. The third-order valence-corrected chi connectivity index (χ3v) is 9.66. The van der Waals surface area contributed by atoms with Gasteiger partial charge in [0.15, 0.2) is 0 Å². The molecule has 0 radical (unpaired) electrons. The van der Waals surface area contributed by atoms with Crippen molar-refractivity contribution < 1.29 is 4.79 Å². The molecule has 0 N–H and O–H groups in total. The number of carbonyl (C=O) groups excluding carboxylic acids is 1. The lowest BCUT2D eigenvalue weighted by molar-refractivity contribution is 0.0746. The first-order chi connectivity index (χ1) is 15.3. The Labute approximate surface area is 191 Å². The lowest BCUT2D eigenvalue weighted by Crippen LogP contribution is -2.38. The molecule has 2 nitrogen and oxygen atoms in total. The van der Waals surface area contributed by atoms with Crippen LogP contribution in [0.1, 0.15) is 36.5 Å². The van der Waals surface area contributed by atoms with Crippen molar-refractivity contribution in [1.82, 2.24) is 4.90 Å². The van der Waals surface area contributed by atoms with Crippen molar-refractivity contribution in [3.05, 3.63) is 90.5 Å². The molecule has 4 rings (SSSR count). The molecule has 3 aromatic rings. The Morgan fingerprint density at radius 1 is 0.935 bits per heavy atom. The Balaban J connectivity index is 1.58. The van der Waals surface area contributed by atoms with E-state index in [1.807, 2.05) is 18.2 Å². The summed E-state index contributed by atoms with van der Waals surface area (Å²) in [6, 6.07) is 30.1. The molecule has 0 unspecified atom stereocenters. The highest BCUT2D eigenvalue weighted by atomic mass is 32.2. The summed E-state index contributed by atoms with van der Waals surface area (Å²) >= 11 is 1.80. The van der Waals surface area contributed by atoms with Gasteiger partial charge in [-0.2, -0.15) is 0 Å². The summed E-state index contributed by atoms with van der Waals surface area (Å²) in [6.45, 7) is 3.05. The molecule has 0 spiro atoms. The Bertz CT molecular complexity index is 939. The Morgan fingerprint density at radius 2 is 1.55 bits per heavy atom. The monoisotopic (exact) mass is 447 g/mol. The van der Waals surface area contributed by atoms with E-state index in [2.05, 4.69) is 78.6 Å². The quantitative estimate of drug-likeness (QED) is 0.315. The fraction of sp³-hybridized carbons (Fsp3) is 0.296. The maximum atomic E-state index is 13.6. The first-order valence-corrected chi connectivity index (χ1v) is 13.7. The average molecular weight is 448 g/mol. The summed E-state index contributed by atoms with van der Waals surface area (Å²) in [5, 5.41) is 2.78. The maximum absolute atomic E-state index is 13.6. The van der Waals surface area contributed by atoms with Gasteiger partial charge in [0.05, 0.1) is 5.56 Å². The van der Waals surface area contributed by atoms with Crippen molar-refractivity contribution in [2.75, 3.05) is 18.5 Å². The number of hydrogen-bond donors (Lipinski definition) is 0. The number of hydrogen-bond acceptors (Lipinski definition) is 2. The van der Waals surface area contributed by atoms with Crippen molar-refractivity contribution in [3.63, 3.8) is 0 Å². The van der Waals surface area contributed by atoms with E-state index in [0.29, 0.717) is 6.04 Å². The van der Waals surface area contributed by atoms with Crippen LogP contribution < -0.4 is 10.6 Å². The van der Waals surface area contributed by atoms with Crippen molar-refractivity contribution >= 4 is 36.2 Å². The van der Waals surface area contributed by atoms with Crippen LogP contribution in [0, 0.1) is 0 Å². The second-order valence-electron chi connectivity index (χ2n) is 7.92. The van der Waals surface area contributed by atoms with E-state index in [1.165, 1.54) is 10.6 Å². The van der Waals surface area contributed by atoms with E-state index in [4.69, 9.17) is 0 Å². The van der Waals surface area contributed by atoms with Gasteiger partial charge in [0.25, 0.3) is 5.91 Å². The zero-order valence-corrected chi connectivity index (χ0v) is 19.8. The largest absolute Gasteiger partial charge is 0.335 e. The Kier molecular flexibility index (Phi) is 7.83.